The molecule has 49 heavy (non-hydrogen) atoms. The molecule has 2 amide bonds. The second kappa shape index (κ2) is 13.4. The summed E-state index contributed by atoms with van der Waals surface area (Å²) in [7, 11) is 1.90. The first-order valence-corrected chi connectivity index (χ1v) is 17.2. The summed E-state index contributed by atoms with van der Waals surface area (Å²) in [6.45, 7) is 8.37. The molecule has 8 rings (SSSR count). The molecule has 14 heteroatoms. The molecule has 2 N–H and O–H groups in total. The average Bonchev–Trinajstić information content (AvgIpc) is 3.90. The Bertz CT molecular complexity index is 1930. The number of piperazine rings is 1. The average molecular weight is 663 g/mol. The van der Waals surface area contributed by atoms with Crippen LogP contribution in [0.1, 0.15) is 43.2 Å². The fourth-order valence-corrected chi connectivity index (χ4v) is 7.36. The van der Waals surface area contributed by atoms with Crippen molar-refractivity contribution in [3.8, 4) is 11.3 Å². The zero-order valence-electron chi connectivity index (χ0n) is 27.8. The number of aryl methyl sites for hydroxylation is 1. The van der Waals surface area contributed by atoms with Crippen LogP contribution in [0.25, 0.3) is 16.9 Å². The number of nitrogens with zero attached hydrogens (tertiary/aromatic N) is 10. The quantitative estimate of drug-likeness (QED) is 0.227. The van der Waals surface area contributed by atoms with Crippen molar-refractivity contribution in [1.82, 2.24) is 49.0 Å². The predicted octanol–water partition coefficient (Wildman–Crippen LogP) is 3.05. The number of imide groups is 1. The van der Waals surface area contributed by atoms with Gasteiger partial charge in [-0.1, -0.05) is 12.1 Å². The lowest BCUT2D eigenvalue weighted by molar-refractivity contribution is -0.134. The highest BCUT2D eigenvalue weighted by Crippen LogP contribution is 2.29. The van der Waals surface area contributed by atoms with Crippen molar-refractivity contribution in [2.24, 2.45) is 7.05 Å². The monoisotopic (exact) mass is 662 g/mol. The van der Waals surface area contributed by atoms with Gasteiger partial charge in [-0.2, -0.15) is 10.2 Å². The normalized spacial score (nSPS) is 19.9. The van der Waals surface area contributed by atoms with Crippen LogP contribution in [0, 0.1) is 0 Å². The molecule has 7 heterocycles. The summed E-state index contributed by atoms with van der Waals surface area (Å²) in [4.78, 5) is 40.6. The van der Waals surface area contributed by atoms with E-state index in [9.17, 15) is 9.59 Å². The second-order valence-electron chi connectivity index (χ2n) is 13.3. The fourth-order valence-electron chi connectivity index (χ4n) is 7.36. The van der Waals surface area contributed by atoms with Gasteiger partial charge < -0.3 is 15.1 Å². The maximum absolute atomic E-state index is 12.2. The molecular formula is C35H42N12O2. The smallest absolute Gasteiger partial charge is 0.234 e. The Morgan fingerprint density at radius 2 is 1.63 bits per heavy atom. The van der Waals surface area contributed by atoms with Crippen LogP contribution in [0.3, 0.4) is 0 Å². The molecule has 1 unspecified atom stereocenters. The molecule has 0 spiro atoms. The number of imidazole rings is 1. The van der Waals surface area contributed by atoms with E-state index in [2.05, 4.69) is 58.4 Å². The third-order valence-corrected chi connectivity index (χ3v) is 10.2. The van der Waals surface area contributed by atoms with Crippen LogP contribution < -0.4 is 15.5 Å². The number of aromatic nitrogens is 7. The summed E-state index contributed by atoms with van der Waals surface area (Å²) >= 11 is 0. The molecule has 3 saturated heterocycles. The number of rotatable bonds is 9. The Morgan fingerprint density at radius 3 is 2.37 bits per heavy atom. The number of hydrogen-bond acceptors (Lipinski definition) is 10. The molecule has 0 aliphatic carbocycles. The number of carbonyl (C=O) groups is 2. The van der Waals surface area contributed by atoms with Gasteiger partial charge in [-0.3, -0.25) is 33.6 Å². The molecule has 3 aliphatic heterocycles. The number of anilines is 3. The van der Waals surface area contributed by atoms with Crippen molar-refractivity contribution in [2.75, 3.05) is 62.6 Å². The van der Waals surface area contributed by atoms with Crippen LogP contribution in [-0.2, 0) is 16.6 Å². The minimum absolute atomic E-state index is 0.173. The van der Waals surface area contributed by atoms with E-state index in [-0.39, 0.29) is 17.7 Å². The second-order valence-corrected chi connectivity index (χ2v) is 13.3. The van der Waals surface area contributed by atoms with Crippen LogP contribution in [0.4, 0.5) is 17.2 Å². The van der Waals surface area contributed by atoms with Crippen LogP contribution in [0.5, 0.6) is 0 Å². The molecule has 5 aromatic rings. The molecule has 0 radical (unpaired) electrons. The Labute approximate surface area is 284 Å². The number of benzene rings is 1. The summed E-state index contributed by atoms with van der Waals surface area (Å²) in [6, 6.07) is 8.71. The molecule has 1 aromatic carbocycles. The Balaban J connectivity index is 0.784. The molecule has 3 aliphatic rings. The highest BCUT2D eigenvalue weighted by Gasteiger charge is 2.28. The number of carbonyl (C=O) groups excluding carboxylic acids is 2. The van der Waals surface area contributed by atoms with Crippen molar-refractivity contribution < 1.29 is 9.59 Å². The minimum Gasteiger partial charge on any atom is -0.369 e. The van der Waals surface area contributed by atoms with E-state index in [0.717, 1.165) is 93.4 Å². The van der Waals surface area contributed by atoms with Crippen molar-refractivity contribution in [3.05, 3.63) is 73.2 Å². The maximum atomic E-state index is 12.2. The number of piperidine rings is 2. The van der Waals surface area contributed by atoms with Gasteiger partial charge in [-0.15, -0.1) is 0 Å². The van der Waals surface area contributed by atoms with E-state index in [0.29, 0.717) is 24.7 Å². The first kappa shape index (κ1) is 31.2. The van der Waals surface area contributed by atoms with E-state index < -0.39 is 0 Å². The van der Waals surface area contributed by atoms with Crippen LogP contribution in [-0.4, -0.2) is 108 Å². The summed E-state index contributed by atoms with van der Waals surface area (Å²) in [5.74, 6) is 0.102. The third kappa shape index (κ3) is 6.65. The standard InChI is InChI=1S/C35H42N12O2/c1-42-23-26(20-38-42)31-22-37-33(34-36-10-13-46(31)34)40-27-21-39-47(24-27)29-8-11-43(12-9-29)14-15-44-16-18-45(19-17-44)28-4-2-25(3-5-28)30-6-7-32(48)41-35(30)49/h2-5,10,13,20-24,29-30H,6-9,11-12,14-19H2,1H3,(H,37,40)(H,41,48,49). The molecular weight excluding hydrogens is 620 g/mol. The molecule has 14 nitrogen and oxygen atoms in total. The lowest BCUT2D eigenvalue weighted by Gasteiger charge is -2.38. The SMILES string of the molecule is Cn1cc(-c2cnc(Nc3cnn(C4CCN(CCN5CCN(c6ccc(C7CCC(=O)NC7=O)cc6)CC5)CC4)c3)c3nccn23)cn1. The highest BCUT2D eigenvalue weighted by atomic mass is 16.2. The van der Waals surface area contributed by atoms with Crippen molar-refractivity contribution in [2.45, 2.75) is 37.6 Å². The van der Waals surface area contributed by atoms with Crippen LogP contribution in [0.15, 0.2) is 67.6 Å². The van der Waals surface area contributed by atoms with E-state index in [1.807, 2.05) is 54.6 Å². The zero-order chi connectivity index (χ0) is 33.3. The molecule has 3 fully saturated rings. The first-order chi connectivity index (χ1) is 24.0. The van der Waals surface area contributed by atoms with Gasteiger partial charge in [-0.25, -0.2) is 9.97 Å². The number of fused-ring (bicyclic) bond motifs is 1. The number of amides is 2. The number of likely N-dealkylation sites (tertiary alicyclic amines) is 1. The summed E-state index contributed by atoms with van der Waals surface area (Å²) in [5.41, 5.74) is 5.76. The van der Waals surface area contributed by atoms with Crippen molar-refractivity contribution >= 4 is 34.7 Å². The third-order valence-electron chi connectivity index (χ3n) is 10.2. The van der Waals surface area contributed by atoms with Gasteiger partial charge in [0.25, 0.3) is 0 Å². The fraction of sp³-hybridized carbons (Fsp3) is 0.429. The predicted molar refractivity (Wildman–Crippen MR) is 186 cm³/mol. The highest BCUT2D eigenvalue weighted by molar-refractivity contribution is 6.00. The van der Waals surface area contributed by atoms with E-state index >= 15 is 0 Å². The summed E-state index contributed by atoms with van der Waals surface area (Å²) in [6.07, 6.45) is 16.5. The van der Waals surface area contributed by atoms with Crippen molar-refractivity contribution in [1.29, 1.82) is 0 Å². The number of hydrogen-bond donors (Lipinski definition) is 2. The first-order valence-electron chi connectivity index (χ1n) is 17.2. The Hall–Kier alpha value is -5.08. The van der Waals surface area contributed by atoms with Crippen molar-refractivity contribution in [3.63, 3.8) is 0 Å². The summed E-state index contributed by atoms with van der Waals surface area (Å²) < 4.78 is 5.91. The van der Waals surface area contributed by atoms with E-state index in [4.69, 9.17) is 10.1 Å². The number of nitrogens with one attached hydrogen (secondary N) is 2. The van der Waals surface area contributed by atoms with E-state index in [1.54, 1.807) is 10.9 Å². The van der Waals surface area contributed by atoms with Crippen LogP contribution >= 0.6 is 0 Å². The van der Waals surface area contributed by atoms with Gasteiger partial charge in [0.15, 0.2) is 11.5 Å². The zero-order valence-corrected chi connectivity index (χ0v) is 27.8. The largest absolute Gasteiger partial charge is 0.369 e. The lowest BCUT2D eigenvalue weighted by Crippen LogP contribution is -2.49. The molecule has 0 saturated carbocycles. The Kier molecular flexibility index (Phi) is 8.56. The molecule has 4 aromatic heterocycles. The Morgan fingerprint density at radius 1 is 0.857 bits per heavy atom. The minimum atomic E-state index is -0.234. The molecule has 1 atom stereocenters. The van der Waals surface area contributed by atoms with E-state index in [1.165, 1.54) is 5.69 Å². The van der Waals surface area contributed by atoms with Gasteiger partial charge in [-0.05, 0) is 37.0 Å². The van der Waals surface area contributed by atoms with Gasteiger partial charge in [0.1, 0.15) is 0 Å². The topological polar surface area (TPSA) is 134 Å². The van der Waals surface area contributed by atoms with Gasteiger partial charge >= 0.3 is 0 Å². The van der Waals surface area contributed by atoms with Crippen LogP contribution in [0.2, 0.25) is 0 Å². The van der Waals surface area contributed by atoms with Gasteiger partial charge in [0.2, 0.25) is 11.8 Å². The van der Waals surface area contributed by atoms with Gasteiger partial charge in [0, 0.05) is 102 Å². The summed E-state index contributed by atoms with van der Waals surface area (Å²) in [5, 5.41) is 14.9. The molecule has 254 valence electrons. The maximum Gasteiger partial charge on any atom is 0.234 e. The molecule has 0 bridgehead atoms. The lowest BCUT2D eigenvalue weighted by atomic mass is 9.90. The van der Waals surface area contributed by atoms with Gasteiger partial charge in [0.05, 0.1) is 41.9 Å².